The topological polar surface area (TPSA) is 69.4 Å². The van der Waals surface area contributed by atoms with Crippen molar-refractivity contribution < 1.29 is 14.3 Å². The molecule has 0 heterocycles. The number of ether oxygens (including phenoxy) is 1. The van der Waals surface area contributed by atoms with Crippen LogP contribution >= 0.6 is 12.6 Å². The average molecular weight is 414 g/mol. The van der Waals surface area contributed by atoms with Crippen molar-refractivity contribution in [1.29, 1.82) is 0 Å². The van der Waals surface area contributed by atoms with Crippen LogP contribution in [-0.4, -0.2) is 11.9 Å². The number of carbonyl (C=O) groups is 2. The molecule has 0 spiro atoms. The summed E-state index contributed by atoms with van der Waals surface area (Å²) in [6.45, 7) is 4.35. The Kier molecular flexibility index (Phi) is 6.89. The summed E-state index contributed by atoms with van der Waals surface area (Å²) in [5.74, 6) is -0.169. The standard InChI is InChI=1S/C24H31NO3S/c1-3-16(4-2)15-24(12-8-5-9-13-24)23(27)28-21-19(29)14-17-10-6-7-11-18(17)20(21)22(25)26/h6-7,10-11,14,16,29H,3-5,8-9,12-13,15H2,1-2H3,(H2,25,26). The molecule has 2 aromatic carbocycles. The SMILES string of the molecule is CCC(CC)CC1(C(=O)Oc2c(S)cc3ccccc3c2C(N)=O)CCCCC1. The minimum absolute atomic E-state index is 0.194. The molecule has 3 rings (SSSR count). The Hall–Kier alpha value is -2.01. The summed E-state index contributed by atoms with van der Waals surface area (Å²) in [6, 6.07) is 9.26. The Morgan fingerprint density at radius 2 is 1.79 bits per heavy atom. The van der Waals surface area contributed by atoms with E-state index in [1.807, 2.05) is 30.3 Å². The molecular weight excluding hydrogens is 382 g/mol. The zero-order valence-corrected chi connectivity index (χ0v) is 18.3. The lowest BCUT2D eigenvalue weighted by molar-refractivity contribution is -0.149. The van der Waals surface area contributed by atoms with Gasteiger partial charge >= 0.3 is 5.97 Å². The van der Waals surface area contributed by atoms with E-state index in [0.717, 1.165) is 56.8 Å². The summed E-state index contributed by atoms with van der Waals surface area (Å²) >= 11 is 4.53. The third-order valence-corrected chi connectivity index (χ3v) is 6.83. The van der Waals surface area contributed by atoms with Gasteiger partial charge in [0, 0.05) is 4.90 Å². The zero-order chi connectivity index (χ0) is 21.0. The van der Waals surface area contributed by atoms with Crippen LogP contribution in [0.2, 0.25) is 0 Å². The maximum Gasteiger partial charge on any atom is 0.317 e. The number of amides is 1. The van der Waals surface area contributed by atoms with Gasteiger partial charge in [-0.3, -0.25) is 9.59 Å². The van der Waals surface area contributed by atoms with Crippen molar-refractivity contribution in [1.82, 2.24) is 0 Å². The number of nitrogens with two attached hydrogens (primary N) is 1. The normalized spacial score (nSPS) is 16.1. The Bertz CT molecular complexity index is 898. The number of carbonyl (C=O) groups excluding carboxylic acids is 2. The molecular formula is C24H31NO3S. The zero-order valence-electron chi connectivity index (χ0n) is 17.4. The molecule has 1 aliphatic carbocycles. The van der Waals surface area contributed by atoms with Crippen LogP contribution in [0.5, 0.6) is 5.75 Å². The maximum atomic E-state index is 13.5. The summed E-state index contributed by atoms with van der Waals surface area (Å²) < 4.78 is 5.96. The van der Waals surface area contributed by atoms with Crippen molar-refractivity contribution >= 4 is 35.3 Å². The van der Waals surface area contributed by atoms with E-state index in [1.165, 1.54) is 0 Å². The van der Waals surface area contributed by atoms with E-state index in [-0.39, 0.29) is 17.3 Å². The first-order valence-corrected chi connectivity index (χ1v) is 11.1. The van der Waals surface area contributed by atoms with E-state index in [9.17, 15) is 9.59 Å². The van der Waals surface area contributed by atoms with Crippen LogP contribution in [0, 0.1) is 11.3 Å². The van der Waals surface area contributed by atoms with Crippen molar-refractivity contribution in [3.63, 3.8) is 0 Å². The number of hydrogen-bond donors (Lipinski definition) is 2. The van der Waals surface area contributed by atoms with Crippen LogP contribution < -0.4 is 10.5 Å². The van der Waals surface area contributed by atoms with Crippen LogP contribution in [0.4, 0.5) is 0 Å². The minimum atomic E-state index is -0.613. The summed E-state index contributed by atoms with van der Waals surface area (Å²) in [5, 5.41) is 1.52. The summed E-state index contributed by atoms with van der Waals surface area (Å²) in [5.41, 5.74) is 5.44. The van der Waals surface area contributed by atoms with Crippen molar-refractivity contribution in [3.8, 4) is 5.75 Å². The van der Waals surface area contributed by atoms with Gasteiger partial charge in [-0.05, 0) is 42.0 Å². The molecule has 0 radical (unpaired) electrons. The van der Waals surface area contributed by atoms with Gasteiger partial charge in [0.05, 0.1) is 11.0 Å². The molecule has 1 aliphatic rings. The van der Waals surface area contributed by atoms with E-state index < -0.39 is 11.3 Å². The van der Waals surface area contributed by atoms with E-state index >= 15 is 0 Å². The van der Waals surface area contributed by atoms with Gasteiger partial charge in [0.2, 0.25) is 0 Å². The first-order chi connectivity index (χ1) is 13.9. The minimum Gasteiger partial charge on any atom is -0.424 e. The van der Waals surface area contributed by atoms with Crippen LogP contribution in [0.3, 0.4) is 0 Å². The van der Waals surface area contributed by atoms with Gasteiger partial charge in [-0.1, -0.05) is 70.2 Å². The lowest BCUT2D eigenvalue weighted by atomic mass is 9.68. The molecule has 0 bridgehead atoms. The molecule has 1 saturated carbocycles. The van der Waals surface area contributed by atoms with E-state index in [0.29, 0.717) is 16.2 Å². The Labute approximate surface area is 178 Å². The fourth-order valence-electron chi connectivity index (χ4n) is 4.71. The molecule has 2 N–H and O–H groups in total. The molecule has 1 fully saturated rings. The van der Waals surface area contributed by atoms with Crippen LogP contribution in [0.1, 0.15) is 75.6 Å². The highest BCUT2D eigenvalue weighted by molar-refractivity contribution is 7.80. The third kappa shape index (κ3) is 4.45. The second kappa shape index (κ2) is 9.21. The fourth-order valence-corrected chi connectivity index (χ4v) is 5.01. The summed E-state index contributed by atoms with van der Waals surface area (Å²) in [6.07, 6.45) is 7.82. The van der Waals surface area contributed by atoms with Crippen molar-refractivity contribution in [3.05, 3.63) is 35.9 Å². The van der Waals surface area contributed by atoms with Crippen molar-refractivity contribution in [2.24, 2.45) is 17.1 Å². The monoisotopic (exact) mass is 413 g/mol. The van der Waals surface area contributed by atoms with Crippen LogP contribution in [-0.2, 0) is 4.79 Å². The van der Waals surface area contributed by atoms with Gasteiger partial charge < -0.3 is 10.5 Å². The van der Waals surface area contributed by atoms with Gasteiger partial charge in [-0.25, -0.2) is 0 Å². The first kappa shape index (κ1) is 21.7. The lowest BCUT2D eigenvalue weighted by Gasteiger charge is -2.37. The highest BCUT2D eigenvalue weighted by atomic mass is 32.1. The lowest BCUT2D eigenvalue weighted by Crippen LogP contribution is -2.39. The predicted molar refractivity (Wildman–Crippen MR) is 120 cm³/mol. The fraction of sp³-hybridized carbons (Fsp3) is 0.500. The van der Waals surface area contributed by atoms with Crippen LogP contribution in [0.15, 0.2) is 35.2 Å². The molecule has 5 heteroatoms. The van der Waals surface area contributed by atoms with Gasteiger partial charge in [-0.15, -0.1) is 12.6 Å². The molecule has 2 aromatic rings. The molecule has 0 unspecified atom stereocenters. The number of primary amides is 1. The number of benzene rings is 2. The molecule has 0 aromatic heterocycles. The first-order valence-electron chi connectivity index (χ1n) is 10.7. The van der Waals surface area contributed by atoms with Gasteiger partial charge in [0.25, 0.3) is 5.91 Å². The predicted octanol–water partition coefficient (Wildman–Crippen LogP) is 5.91. The van der Waals surface area contributed by atoms with E-state index in [2.05, 4.69) is 26.5 Å². The highest BCUT2D eigenvalue weighted by Crippen LogP contribution is 2.45. The molecule has 0 aliphatic heterocycles. The molecule has 1 amide bonds. The smallest absolute Gasteiger partial charge is 0.317 e. The van der Waals surface area contributed by atoms with E-state index in [1.54, 1.807) is 0 Å². The number of hydrogen-bond acceptors (Lipinski definition) is 4. The Morgan fingerprint density at radius 3 is 2.41 bits per heavy atom. The largest absolute Gasteiger partial charge is 0.424 e. The molecule has 156 valence electrons. The van der Waals surface area contributed by atoms with Crippen LogP contribution in [0.25, 0.3) is 10.8 Å². The quantitative estimate of drug-likeness (QED) is 0.337. The summed E-state index contributed by atoms with van der Waals surface area (Å²) in [7, 11) is 0. The highest BCUT2D eigenvalue weighted by Gasteiger charge is 2.43. The average Bonchev–Trinajstić information content (AvgIpc) is 2.72. The number of rotatable bonds is 7. The second-order valence-electron chi connectivity index (χ2n) is 8.30. The number of fused-ring (bicyclic) bond motifs is 1. The van der Waals surface area contributed by atoms with Gasteiger partial charge in [0.1, 0.15) is 0 Å². The van der Waals surface area contributed by atoms with Gasteiger partial charge in [0.15, 0.2) is 5.75 Å². The maximum absolute atomic E-state index is 13.5. The Balaban J connectivity index is 2.02. The Morgan fingerprint density at radius 1 is 1.14 bits per heavy atom. The van der Waals surface area contributed by atoms with Gasteiger partial charge in [-0.2, -0.15) is 0 Å². The second-order valence-corrected chi connectivity index (χ2v) is 8.78. The molecule has 0 saturated heterocycles. The number of esters is 1. The molecule has 4 nitrogen and oxygen atoms in total. The number of thiol groups is 1. The third-order valence-electron chi connectivity index (χ3n) is 6.50. The van der Waals surface area contributed by atoms with Crippen molar-refractivity contribution in [2.45, 2.75) is 70.1 Å². The molecule has 29 heavy (non-hydrogen) atoms. The summed E-state index contributed by atoms with van der Waals surface area (Å²) in [4.78, 5) is 26.3. The van der Waals surface area contributed by atoms with E-state index in [4.69, 9.17) is 10.5 Å². The molecule has 0 atom stereocenters. The van der Waals surface area contributed by atoms with Crippen molar-refractivity contribution in [2.75, 3.05) is 0 Å².